The van der Waals surface area contributed by atoms with Crippen molar-refractivity contribution in [2.24, 2.45) is 4.99 Å². The molecule has 0 amide bonds. The minimum Gasteiger partial charge on any atom is -0.495 e. The molecule has 0 aliphatic carbocycles. The lowest BCUT2D eigenvalue weighted by molar-refractivity contribution is 0.408. The number of methoxy groups -OCH3 is 1. The maximum Gasteiger partial charge on any atom is 0.191 e. The molecular formula is C22H27N5O. The predicted molar refractivity (Wildman–Crippen MR) is 113 cm³/mol. The van der Waals surface area contributed by atoms with Crippen LogP contribution >= 0.6 is 0 Å². The molecular weight excluding hydrogens is 350 g/mol. The van der Waals surface area contributed by atoms with E-state index in [0.29, 0.717) is 18.2 Å². The van der Waals surface area contributed by atoms with E-state index in [4.69, 9.17) is 10.00 Å². The van der Waals surface area contributed by atoms with Gasteiger partial charge in [0, 0.05) is 32.7 Å². The van der Waals surface area contributed by atoms with Crippen LogP contribution in [0.3, 0.4) is 0 Å². The summed E-state index contributed by atoms with van der Waals surface area (Å²) in [7, 11) is 3.49. The zero-order chi connectivity index (χ0) is 19.8. The van der Waals surface area contributed by atoms with Crippen LogP contribution in [0.15, 0.2) is 53.5 Å². The van der Waals surface area contributed by atoms with Crippen molar-refractivity contribution < 1.29 is 4.74 Å². The molecule has 0 radical (unpaired) electrons. The van der Waals surface area contributed by atoms with Gasteiger partial charge in [0.15, 0.2) is 5.96 Å². The lowest BCUT2D eigenvalue weighted by Crippen LogP contribution is -2.51. The number of para-hydroxylation sites is 2. The third kappa shape index (κ3) is 4.95. The quantitative estimate of drug-likeness (QED) is 0.619. The van der Waals surface area contributed by atoms with Crippen molar-refractivity contribution in [3.63, 3.8) is 0 Å². The maximum absolute atomic E-state index is 9.04. The van der Waals surface area contributed by atoms with Crippen LogP contribution in [-0.2, 0) is 6.54 Å². The van der Waals surface area contributed by atoms with Crippen LogP contribution in [0.2, 0.25) is 0 Å². The summed E-state index contributed by atoms with van der Waals surface area (Å²) in [6.07, 6.45) is 2.20. The number of nitrogens with one attached hydrogen (secondary N) is 2. The van der Waals surface area contributed by atoms with Gasteiger partial charge < -0.3 is 20.3 Å². The number of nitrogens with zero attached hydrogens (tertiary/aromatic N) is 3. The third-order valence-electron chi connectivity index (χ3n) is 4.93. The molecule has 146 valence electrons. The molecule has 2 N–H and O–H groups in total. The molecule has 28 heavy (non-hydrogen) atoms. The first-order chi connectivity index (χ1) is 13.7. The Hall–Kier alpha value is -3.20. The molecule has 0 spiro atoms. The van der Waals surface area contributed by atoms with E-state index >= 15 is 0 Å². The Bertz CT molecular complexity index is 858. The largest absolute Gasteiger partial charge is 0.495 e. The van der Waals surface area contributed by atoms with Gasteiger partial charge in [-0.25, -0.2) is 0 Å². The number of guanidine groups is 1. The number of rotatable bonds is 5. The highest BCUT2D eigenvalue weighted by Crippen LogP contribution is 2.29. The standard InChI is InChI=1S/C22H27N5O/c1-24-22(25-15-18-8-5-7-17(13-18)14-23)26-19-9-6-12-27(16-19)20-10-3-4-11-21(20)28-2/h3-5,7-8,10-11,13,19H,6,9,12,15-16H2,1-2H3,(H2,24,25,26). The molecule has 0 saturated carbocycles. The number of benzene rings is 2. The Morgan fingerprint density at radius 2 is 2.14 bits per heavy atom. The number of hydrogen-bond donors (Lipinski definition) is 2. The molecule has 1 aliphatic heterocycles. The van der Waals surface area contributed by atoms with E-state index in [1.165, 1.54) is 0 Å². The summed E-state index contributed by atoms with van der Waals surface area (Å²) in [4.78, 5) is 6.72. The monoisotopic (exact) mass is 377 g/mol. The van der Waals surface area contributed by atoms with E-state index in [-0.39, 0.29) is 0 Å². The van der Waals surface area contributed by atoms with Gasteiger partial charge in [0.1, 0.15) is 5.75 Å². The average Bonchev–Trinajstić information content (AvgIpc) is 2.76. The number of anilines is 1. The normalized spacial score (nSPS) is 17.0. The Morgan fingerprint density at radius 3 is 2.93 bits per heavy atom. The molecule has 0 aromatic heterocycles. The summed E-state index contributed by atoms with van der Waals surface area (Å²) in [5, 5.41) is 15.9. The van der Waals surface area contributed by atoms with E-state index in [0.717, 1.165) is 48.9 Å². The molecule has 2 aromatic carbocycles. The van der Waals surface area contributed by atoms with Crippen LogP contribution in [0.1, 0.15) is 24.0 Å². The van der Waals surface area contributed by atoms with E-state index in [2.05, 4.69) is 32.7 Å². The highest BCUT2D eigenvalue weighted by atomic mass is 16.5. The number of ether oxygens (including phenoxy) is 1. The molecule has 1 unspecified atom stereocenters. The zero-order valence-electron chi connectivity index (χ0n) is 16.5. The number of nitriles is 1. The number of piperidine rings is 1. The van der Waals surface area contributed by atoms with Crippen LogP contribution in [0.4, 0.5) is 5.69 Å². The summed E-state index contributed by atoms with van der Waals surface area (Å²) >= 11 is 0. The third-order valence-corrected chi connectivity index (χ3v) is 4.93. The fourth-order valence-corrected chi connectivity index (χ4v) is 3.53. The topological polar surface area (TPSA) is 72.7 Å². The lowest BCUT2D eigenvalue weighted by Gasteiger charge is -2.36. The smallest absolute Gasteiger partial charge is 0.191 e. The molecule has 0 bridgehead atoms. The molecule has 1 heterocycles. The van der Waals surface area contributed by atoms with Gasteiger partial charge in [-0.15, -0.1) is 0 Å². The summed E-state index contributed by atoms with van der Waals surface area (Å²) < 4.78 is 5.52. The van der Waals surface area contributed by atoms with Gasteiger partial charge in [0.25, 0.3) is 0 Å². The SMILES string of the molecule is CN=C(NCc1cccc(C#N)c1)NC1CCCN(c2ccccc2OC)C1. The Morgan fingerprint density at radius 1 is 1.29 bits per heavy atom. The average molecular weight is 377 g/mol. The van der Waals surface area contributed by atoms with Gasteiger partial charge in [-0.2, -0.15) is 5.26 Å². The summed E-state index contributed by atoms with van der Waals surface area (Å²) in [5.41, 5.74) is 2.86. The van der Waals surface area contributed by atoms with E-state index in [1.807, 2.05) is 42.5 Å². The van der Waals surface area contributed by atoms with Crippen LogP contribution in [0, 0.1) is 11.3 Å². The highest BCUT2D eigenvalue weighted by molar-refractivity contribution is 5.80. The zero-order valence-corrected chi connectivity index (χ0v) is 16.5. The van der Waals surface area contributed by atoms with Crippen LogP contribution in [-0.4, -0.2) is 39.2 Å². The van der Waals surface area contributed by atoms with Gasteiger partial charge >= 0.3 is 0 Å². The first-order valence-electron chi connectivity index (χ1n) is 9.57. The van der Waals surface area contributed by atoms with Crippen molar-refractivity contribution in [2.75, 3.05) is 32.1 Å². The Labute approximate surface area is 166 Å². The minimum absolute atomic E-state index is 0.301. The van der Waals surface area contributed by atoms with Crippen molar-refractivity contribution in [1.29, 1.82) is 5.26 Å². The van der Waals surface area contributed by atoms with E-state index in [1.54, 1.807) is 14.2 Å². The Kier molecular flexibility index (Phi) is 6.74. The van der Waals surface area contributed by atoms with Crippen LogP contribution in [0.25, 0.3) is 0 Å². The van der Waals surface area contributed by atoms with E-state index < -0.39 is 0 Å². The first-order valence-corrected chi connectivity index (χ1v) is 9.57. The molecule has 3 rings (SSSR count). The molecule has 6 nitrogen and oxygen atoms in total. The number of aliphatic imine (C=N–C) groups is 1. The van der Waals surface area contributed by atoms with Gasteiger partial charge in [-0.3, -0.25) is 4.99 Å². The van der Waals surface area contributed by atoms with Crippen LogP contribution in [0.5, 0.6) is 5.75 Å². The van der Waals surface area contributed by atoms with Crippen molar-refractivity contribution in [1.82, 2.24) is 10.6 Å². The summed E-state index contributed by atoms with van der Waals surface area (Å²) in [5.74, 6) is 1.68. The van der Waals surface area contributed by atoms with Crippen molar-refractivity contribution in [3.8, 4) is 11.8 Å². The highest BCUT2D eigenvalue weighted by Gasteiger charge is 2.22. The van der Waals surface area contributed by atoms with Gasteiger partial charge in [0.2, 0.25) is 0 Å². The molecule has 1 aliphatic rings. The predicted octanol–water partition coefficient (Wildman–Crippen LogP) is 2.90. The molecule has 1 saturated heterocycles. The van der Waals surface area contributed by atoms with Gasteiger partial charge in [-0.1, -0.05) is 24.3 Å². The molecule has 6 heteroatoms. The molecule has 1 atom stereocenters. The van der Waals surface area contributed by atoms with Crippen LogP contribution < -0.4 is 20.3 Å². The van der Waals surface area contributed by atoms with Crippen molar-refractivity contribution in [2.45, 2.75) is 25.4 Å². The van der Waals surface area contributed by atoms with Gasteiger partial charge in [0.05, 0.1) is 24.4 Å². The number of hydrogen-bond acceptors (Lipinski definition) is 4. The second kappa shape index (κ2) is 9.65. The molecule has 2 aromatic rings. The first kappa shape index (κ1) is 19.6. The Balaban J connectivity index is 1.59. The lowest BCUT2D eigenvalue weighted by atomic mass is 10.0. The van der Waals surface area contributed by atoms with Crippen molar-refractivity contribution >= 4 is 11.6 Å². The van der Waals surface area contributed by atoms with E-state index in [9.17, 15) is 0 Å². The molecule has 1 fully saturated rings. The van der Waals surface area contributed by atoms with Gasteiger partial charge in [-0.05, 0) is 42.7 Å². The summed E-state index contributed by atoms with van der Waals surface area (Å²) in [6.45, 7) is 2.54. The second-order valence-electron chi connectivity index (χ2n) is 6.84. The van der Waals surface area contributed by atoms with Crippen molar-refractivity contribution in [3.05, 3.63) is 59.7 Å². The fourth-order valence-electron chi connectivity index (χ4n) is 3.53. The minimum atomic E-state index is 0.301. The fraction of sp³-hybridized carbons (Fsp3) is 0.364. The second-order valence-corrected chi connectivity index (χ2v) is 6.84. The maximum atomic E-state index is 9.04. The summed E-state index contributed by atoms with van der Waals surface area (Å²) in [6, 6.07) is 18.2.